The number of unbranched alkanes of at least 4 members (excludes halogenated alkanes) is 4. The van der Waals surface area contributed by atoms with Gasteiger partial charge in [-0.25, -0.2) is 0 Å². The minimum Gasteiger partial charge on any atom is -0.462 e. The van der Waals surface area contributed by atoms with Crippen molar-refractivity contribution >= 4 is 17.9 Å². The van der Waals surface area contributed by atoms with Gasteiger partial charge in [-0.2, -0.15) is 0 Å². The molecule has 0 saturated carbocycles. The van der Waals surface area contributed by atoms with Gasteiger partial charge < -0.3 is 14.2 Å². The predicted octanol–water partition coefficient (Wildman–Crippen LogP) is 21.0. The first kappa shape index (κ1) is 72.7. The summed E-state index contributed by atoms with van der Waals surface area (Å²) in [6.45, 7) is 6.12. The van der Waals surface area contributed by atoms with E-state index in [1.54, 1.807) is 0 Å². The number of carbonyl (C=O) groups is 3. The van der Waals surface area contributed by atoms with E-state index in [0.717, 1.165) is 141 Å². The van der Waals surface area contributed by atoms with Crippen LogP contribution < -0.4 is 0 Å². The summed E-state index contributed by atoms with van der Waals surface area (Å²) in [5.74, 6) is -1.15. The van der Waals surface area contributed by atoms with Crippen LogP contribution in [-0.2, 0) is 28.6 Å². The first-order valence-corrected chi connectivity index (χ1v) is 30.2. The molecule has 0 radical (unpaired) electrons. The van der Waals surface area contributed by atoms with Crippen molar-refractivity contribution in [2.24, 2.45) is 0 Å². The first-order chi connectivity index (χ1) is 39.0. The largest absolute Gasteiger partial charge is 0.462 e. The lowest BCUT2D eigenvalue weighted by molar-refractivity contribution is -0.166. The van der Waals surface area contributed by atoms with Gasteiger partial charge in [-0.15, -0.1) is 0 Å². The van der Waals surface area contributed by atoms with E-state index in [1.807, 2.05) is 12.2 Å². The number of ether oxygens (including phenoxy) is 3. The summed E-state index contributed by atoms with van der Waals surface area (Å²) in [7, 11) is 0. The maximum atomic E-state index is 12.9. The van der Waals surface area contributed by atoms with Gasteiger partial charge in [-0.05, 0) is 154 Å². The van der Waals surface area contributed by atoms with Gasteiger partial charge in [0.25, 0.3) is 0 Å². The second-order valence-electron chi connectivity index (χ2n) is 18.8. The molecule has 6 heteroatoms. The molecule has 0 amide bonds. The second-order valence-corrected chi connectivity index (χ2v) is 18.8. The third-order valence-corrected chi connectivity index (χ3v) is 11.5. The molecule has 79 heavy (non-hydrogen) atoms. The van der Waals surface area contributed by atoms with Crippen molar-refractivity contribution in [3.63, 3.8) is 0 Å². The highest BCUT2D eigenvalue weighted by atomic mass is 16.6. The molecular formula is C73H106O6. The molecule has 0 aliphatic heterocycles. The summed E-state index contributed by atoms with van der Waals surface area (Å²) in [5, 5.41) is 0. The van der Waals surface area contributed by atoms with Crippen molar-refractivity contribution in [3.8, 4) is 0 Å². The predicted molar refractivity (Wildman–Crippen MR) is 343 cm³/mol. The van der Waals surface area contributed by atoms with E-state index in [9.17, 15) is 14.4 Å². The van der Waals surface area contributed by atoms with Gasteiger partial charge >= 0.3 is 17.9 Å². The fourth-order valence-corrected chi connectivity index (χ4v) is 7.07. The minimum absolute atomic E-state index is 0.155. The Balaban J connectivity index is 4.63. The number of hydrogen-bond donors (Lipinski definition) is 0. The molecule has 0 rings (SSSR count). The lowest BCUT2D eigenvalue weighted by Crippen LogP contribution is -2.30. The molecule has 6 nitrogen and oxygen atoms in total. The minimum atomic E-state index is -0.868. The Morgan fingerprint density at radius 1 is 0.253 bits per heavy atom. The van der Waals surface area contributed by atoms with Crippen LogP contribution in [0.25, 0.3) is 0 Å². The molecule has 0 heterocycles. The zero-order valence-corrected chi connectivity index (χ0v) is 49.5. The lowest BCUT2D eigenvalue weighted by Gasteiger charge is -2.18. The van der Waals surface area contributed by atoms with Crippen molar-refractivity contribution in [3.05, 3.63) is 219 Å². The highest BCUT2D eigenvalue weighted by Crippen LogP contribution is 2.10. The summed E-state index contributed by atoms with van der Waals surface area (Å²) >= 11 is 0. The molecule has 0 saturated heterocycles. The molecule has 0 N–H and O–H groups in total. The van der Waals surface area contributed by atoms with E-state index < -0.39 is 18.0 Å². The molecule has 0 aromatic carbocycles. The maximum Gasteiger partial charge on any atom is 0.306 e. The summed E-state index contributed by atoms with van der Waals surface area (Å²) in [6, 6.07) is 0. The summed E-state index contributed by atoms with van der Waals surface area (Å²) in [4.78, 5) is 38.2. The molecule has 0 bridgehead atoms. The van der Waals surface area contributed by atoms with Crippen LogP contribution in [0.2, 0.25) is 0 Å². The van der Waals surface area contributed by atoms with Gasteiger partial charge in [0.15, 0.2) is 6.10 Å². The third-order valence-electron chi connectivity index (χ3n) is 11.5. The number of rotatable bonds is 51. The van der Waals surface area contributed by atoms with E-state index in [-0.39, 0.29) is 38.4 Å². The van der Waals surface area contributed by atoms with Crippen molar-refractivity contribution in [1.82, 2.24) is 0 Å². The Kier molecular flexibility index (Phi) is 59.2. The van der Waals surface area contributed by atoms with Crippen LogP contribution in [0.15, 0.2) is 219 Å². The van der Waals surface area contributed by atoms with Gasteiger partial charge in [-0.3, -0.25) is 14.4 Å². The molecule has 434 valence electrons. The molecule has 0 aliphatic carbocycles. The summed E-state index contributed by atoms with van der Waals surface area (Å²) in [6.07, 6.45) is 101. The topological polar surface area (TPSA) is 78.9 Å². The van der Waals surface area contributed by atoms with Gasteiger partial charge in [0.2, 0.25) is 0 Å². The average molecular weight is 1080 g/mol. The standard InChI is InChI=1S/C73H106O6/c1-4-7-10-13-16-19-22-25-27-29-31-33-35-36-38-39-41-43-45-48-51-54-57-60-63-66-72(75)78-69-70(68-77-71(74)65-62-59-56-53-50-47-24-21-18-15-12-9-6-3)79-73(76)67-64-61-58-55-52-49-46-44-42-40-37-34-32-30-28-26-23-20-17-14-11-8-5-2/h7-12,16-21,25-28,31-34,36,38,40-43,46-51,55-56,58-59,70H,4-6,13-15,22-24,29-30,35,37,39,44-45,52-54,57,60-69H2,1-3H3/b10-7-,11-8-,12-9-,19-16-,20-17-,21-18-,27-25-,28-26-,33-31-,34-32-,38-36-,42-40-,43-41-,49-46-,50-47-,51-48-,58-55-,59-56-. The normalized spacial score (nSPS) is 13.7. The molecule has 0 spiro atoms. The maximum absolute atomic E-state index is 12.9. The van der Waals surface area contributed by atoms with Crippen molar-refractivity contribution < 1.29 is 28.6 Å². The molecule has 0 aromatic heterocycles. The number of allylic oxidation sites excluding steroid dienone is 36. The number of hydrogen-bond acceptors (Lipinski definition) is 6. The third kappa shape index (κ3) is 62.5. The zero-order valence-electron chi connectivity index (χ0n) is 49.5. The molecule has 1 atom stereocenters. The van der Waals surface area contributed by atoms with Crippen LogP contribution in [0.3, 0.4) is 0 Å². The Hall–Kier alpha value is -6.27. The Morgan fingerprint density at radius 2 is 0.494 bits per heavy atom. The second kappa shape index (κ2) is 64.3. The highest BCUT2D eigenvalue weighted by Gasteiger charge is 2.19. The Bertz CT molecular complexity index is 2010. The van der Waals surface area contributed by atoms with Crippen molar-refractivity contribution in [1.29, 1.82) is 0 Å². The van der Waals surface area contributed by atoms with Crippen LogP contribution in [0, 0.1) is 0 Å². The Labute approximate surface area is 482 Å². The lowest BCUT2D eigenvalue weighted by atomic mass is 10.1. The van der Waals surface area contributed by atoms with E-state index in [2.05, 4.69) is 227 Å². The fraction of sp³-hybridized carbons (Fsp3) is 0.466. The van der Waals surface area contributed by atoms with Gasteiger partial charge in [-0.1, -0.05) is 246 Å². The van der Waals surface area contributed by atoms with Gasteiger partial charge in [0.1, 0.15) is 13.2 Å². The van der Waals surface area contributed by atoms with Crippen LogP contribution in [0.1, 0.15) is 201 Å². The van der Waals surface area contributed by atoms with Gasteiger partial charge in [0.05, 0.1) is 0 Å². The quantitative estimate of drug-likeness (QED) is 0.0261. The van der Waals surface area contributed by atoms with E-state index in [4.69, 9.17) is 14.2 Å². The van der Waals surface area contributed by atoms with Crippen LogP contribution >= 0.6 is 0 Å². The highest BCUT2D eigenvalue weighted by molar-refractivity contribution is 5.71. The summed E-state index contributed by atoms with van der Waals surface area (Å²) < 4.78 is 16.7. The average Bonchev–Trinajstić information content (AvgIpc) is 3.45. The number of esters is 3. The molecule has 0 aliphatic rings. The molecule has 0 aromatic rings. The fourth-order valence-electron chi connectivity index (χ4n) is 7.07. The van der Waals surface area contributed by atoms with E-state index >= 15 is 0 Å². The number of carbonyl (C=O) groups excluding carboxylic acids is 3. The van der Waals surface area contributed by atoms with Crippen molar-refractivity contribution in [2.75, 3.05) is 13.2 Å². The van der Waals surface area contributed by atoms with E-state index in [1.165, 1.54) is 0 Å². The van der Waals surface area contributed by atoms with Crippen LogP contribution in [0.5, 0.6) is 0 Å². The van der Waals surface area contributed by atoms with Gasteiger partial charge in [0, 0.05) is 19.3 Å². The summed E-state index contributed by atoms with van der Waals surface area (Å²) in [5.41, 5.74) is 0. The Morgan fingerprint density at radius 3 is 0.797 bits per heavy atom. The monoisotopic (exact) mass is 1080 g/mol. The molecular weight excluding hydrogens is 973 g/mol. The molecule has 1 unspecified atom stereocenters. The smallest absolute Gasteiger partial charge is 0.306 e. The van der Waals surface area contributed by atoms with E-state index in [0.29, 0.717) is 19.3 Å². The van der Waals surface area contributed by atoms with Crippen LogP contribution in [0.4, 0.5) is 0 Å². The van der Waals surface area contributed by atoms with Crippen LogP contribution in [-0.4, -0.2) is 37.2 Å². The van der Waals surface area contributed by atoms with Crippen molar-refractivity contribution in [2.45, 2.75) is 207 Å². The zero-order chi connectivity index (χ0) is 57.1. The first-order valence-electron chi connectivity index (χ1n) is 30.2. The molecule has 0 fully saturated rings. The SMILES string of the molecule is CC/C=C\C/C=C\C/C=C\C/C=C\C/C=C\C/C=C\C/C=C\CCCCCC(=O)OCC(COC(=O)CC/C=C\C/C=C\C/C=C\C/C=C\CC)OC(=O)CCC/C=C\C/C=C\C/C=C\C/C=C\C/C=C\C/C=C\C/C=C\CC.